The first kappa shape index (κ1) is 19.3. The van der Waals surface area contributed by atoms with E-state index >= 15 is 0 Å². The quantitative estimate of drug-likeness (QED) is 0.341. The summed E-state index contributed by atoms with van der Waals surface area (Å²) in [5.74, 6) is 1.71. The zero-order valence-corrected chi connectivity index (χ0v) is 16.9. The van der Waals surface area contributed by atoms with Crippen LogP contribution >= 0.6 is 11.8 Å². The van der Waals surface area contributed by atoms with E-state index in [1.54, 1.807) is 16.3 Å². The number of ether oxygens (including phenoxy) is 1. The molecule has 0 bridgehead atoms. The number of para-hydroxylation sites is 1. The van der Waals surface area contributed by atoms with Crippen LogP contribution in [0.25, 0.3) is 22.1 Å². The van der Waals surface area contributed by atoms with Crippen LogP contribution in [-0.2, 0) is 11.2 Å². The van der Waals surface area contributed by atoms with Gasteiger partial charge >= 0.3 is 0 Å². The van der Waals surface area contributed by atoms with Crippen molar-refractivity contribution in [1.82, 2.24) is 24.5 Å². The van der Waals surface area contributed by atoms with E-state index in [9.17, 15) is 10.2 Å². The third kappa shape index (κ3) is 3.31. The summed E-state index contributed by atoms with van der Waals surface area (Å²) in [7, 11) is 0. The summed E-state index contributed by atoms with van der Waals surface area (Å²) in [6.45, 7) is 0. The van der Waals surface area contributed by atoms with Crippen molar-refractivity contribution in [3.63, 3.8) is 0 Å². The topological polar surface area (TPSA) is 135 Å². The first-order valence-corrected chi connectivity index (χ1v) is 10.9. The van der Waals surface area contributed by atoms with E-state index in [4.69, 9.17) is 10.5 Å². The Kier molecular flexibility index (Phi) is 5.07. The standard InChI is InChI=1S/C20H22N6O3S/c21-18-15-19(24-9-23-18)26(10-25-15)20-17(28)16(27)14(29-20)8-30-6-5-11-7-22-13-4-2-1-3-12(11)13/h1-4,7,9-10,14,16-17,20,22,27-28H,5-6,8H2,(H2,21,23,24)/t14-,16-,17-,20-/m1/s1. The third-order valence-corrected chi connectivity index (χ3v) is 6.53. The number of hydrogen-bond donors (Lipinski definition) is 4. The predicted molar refractivity (Wildman–Crippen MR) is 115 cm³/mol. The number of nitrogens with two attached hydrogens (primary N) is 1. The lowest BCUT2D eigenvalue weighted by atomic mass is 10.1. The second-order valence-corrected chi connectivity index (χ2v) is 8.46. The first-order valence-electron chi connectivity index (χ1n) is 9.71. The molecule has 5 rings (SSSR count). The van der Waals surface area contributed by atoms with Gasteiger partial charge in [-0.15, -0.1) is 0 Å². The summed E-state index contributed by atoms with van der Waals surface area (Å²) < 4.78 is 7.58. The van der Waals surface area contributed by atoms with Gasteiger partial charge in [-0.05, 0) is 23.8 Å². The molecule has 0 amide bonds. The Morgan fingerprint density at radius 2 is 2.03 bits per heavy atom. The average molecular weight is 427 g/mol. The van der Waals surface area contributed by atoms with Crippen molar-refractivity contribution in [2.45, 2.75) is 31.0 Å². The third-order valence-electron chi connectivity index (χ3n) is 5.47. The molecule has 4 atom stereocenters. The number of hydrogen-bond acceptors (Lipinski definition) is 8. The zero-order chi connectivity index (χ0) is 20.7. The van der Waals surface area contributed by atoms with Crippen LogP contribution in [0.5, 0.6) is 0 Å². The Morgan fingerprint density at radius 1 is 1.17 bits per heavy atom. The normalized spacial score (nSPS) is 24.2. The maximum atomic E-state index is 10.5. The maximum Gasteiger partial charge on any atom is 0.167 e. The molecule has 1 aliphatic rings. The predicted octanol–water partition coefficient (Wildman–Crippen LogP) is 1.48. The molecule has 1 aliphatic heterocycles. The molecule has 4 heterocycles. The van der Waals surface area contributed by atoms with E-state index < -0.39 is 24.5 Å². The molecular weight excluding hydrogens is 404 g/mol. The van der Waals surface area contributed by atoms with Crippen molar-refractivity contribution in [3.05, 3.63) is 48.7 Å². The Morgan fingerprint density at radius 3 is 2.93 bits per heavy atom. The van der Waals surface area contributed by atoms with Crippen LogP contribution < -0.4 is 5.73 Å². The molecule has 1 aromatic carbocycles. The summed E-state index contributed by atoms with van der Waals surface area (Å²) in [4.78, 5) is 15.6. The van der Waals surface area contributed by atoms with Gasteiger partial charge in [0.1, 0.15) is 24.1 Å². The molecule has 10 heteroatoms. The van der Waals surface area contributed by atoms with Crippen LogP contribution in [0.3, 0.4) is 0 Å². The molecule has 9 nitrogen and oxygen atoms in total. The van der Waals surface area contributed by atoms with Gasteiger partial charge in [-0.25, -0.2) is 15.0 Å². The maximum absolute atomic E-state index is 10.5. The smallest absolute Gasteiger partial charge is 0.167 e. The van der Waals surface area contributed by atoms with Gasteiger partial charge in [0.15, 0.2) is 17.7 Å². The van der Waals surface area contributed by atoms with E-state index in [1.807, 2.05) is 18.3 Å². The number of nitrogen functional groups attached to an aromatic ring is 1. The van der Waals surface area contributed by atoms with E-state index in [0.29, 0.717) is 16.9 Å². The molecule has 0 saturated carbocycles. The van der Waals surface area contributed by atoms with E-state index in [1.165, 1.54) is 23.6 Å². The highest BCUT2D eigenvalue weighted by molar-refractivity contribution is 7.99. The minimum absolute atomic E-state index is 0.260. The summed E-state index contributed by atoms with van der Waals surface area (Å²) >= 11 is 1.69. The van der Waals surface area contributed by atoms with Gasteiger partial charge in [-0.3, -0.25) is 4.57 Å². The van der Waals surface area contributed by atoms with Crippen LogP contribution in [0, 0.1) is 0 Å². The average Bonchev–Trinajstić information content (AvgIpc) is 3.44. The number of aromatic amines is 1. The molecular formula is C20H22N6O3S. The number of H-pyrrole nitrogens is 1. The lowest BCUT2D eigenvalue weighted by Gasteiger charge is -2.16. The molecule has 0 radical (unpaired) electrons. The van der Waals surface area contributed by atoms with Crippen LogP contribution in [0.2, 0.25) is 0 Å². The molecule has 0 unspecified atom stereocenters. The second kappa shape index (κ2) is 7.88. The van der Waals surface area contributed by atoms with Gasteiger partial charge in [0, 0.05) is 22.9 Å². The number of nitrogens with zero attached hydrogens (tertiary/aromatic N) is 4. The first-order chi connectivity index (χ1) is 14.6. The highest BCUT2D eigenvalue weighted by atomic mass is 32.2. The molecule has 156 valence electrons. The van der Waals surface area contributed by atoms with Gasteiger partial charge in [0.25, 0.3) is 0 Å². The molecule has 1 saturated heterocycles. The lowest BCUT2D eigenvalue weighted by Crippen LogP contribution is -2.32. The largest absolute Gasteiger partial charge is 0.387 e. The highest BCUT2D eigenvalue weighted by Gasteiger charge is 2.44. The summed E-state index contributed by atoms with van der Waals surface area (Å²) in [5, 5.41) is 22.3. The van der Waals surface area contributed by atoms with Crippen LogP contribution in [-0.4, -0.2) is 64.5 Å². The number of aliphatic hydroxyl groups excluding tert-OH is 2. The second-order valence-electron chi connectivity index (χ2n) is 7.31. The molecule has 0 aliphatic carbocycles. The Hall–Kier alpha value is -2.66. The van der Waals surface area contributed by atoms with Crippen LogP contribution in [0.15, 0.2) is 43.1 Å². The summed E-state index contributed by atoms with van der Waals surface area (Å²) in [5.41, 5.74) is 9.14. The number of fused-ring (bicyclic) bond motifs is 2. The lowest BCUT2D eigenvalue weighted by molar-refractivity contribution is -0.0289. The fourth-order valence-electron chi connectivity index (χ4n) is 3.87. The van der Waals surface area contributed by atoms with Crippen molar-refractivity contribution < 1.29 is 14.9 Å². The van der Waals surface area contributed by atoms with Crippen molar-refractivity contribution in [2.75, 3.05) is 17.2 Å². The molecule has 30 heavy (non-hydrogen) atoms. The highest BCUT2D eigenvalue weighted by Crippen LogP contribution is 2.33. The minimum atomic E-state index is -1.09. The number of nitrogens with one attached hydrogen (secondary N) is 1. The van der Waals surface area contributed by atoms with Crippen LogP contribution in [0.4, 0.5) is 5.82 Å². The molecule has 3 aromatic heterocycles. The molecule has 1 fully saturated rings. The van der Waals surface area contributed by atoms with Gasteiger partial charge < -0.3 is 25.7 Å². The van der Waals surface area contributed by atoms with Crippen molar-refractivity contribution in [1.29, 1.82) is 0 Å². The number of thioether (sulfide) groups is 1. The van der Waals surface area contributed by atoms with E-state index in [2.05, 4.69) is 32.1 Å². The number of aryl methyl sites for hydroxylation is 1. The number of rotatable bonds is 6. The van der Waals surface area contributed by atoms with Gasteiger partial charge in [0.05, 0.1) is 12.4 Å². The Balaban J connectivity index is 1.22. The van der Waals surface area contributed by atoms with Crippen molar-refractivity contribution in [3.8, 4) is 0 Å². The number of anilines is 1. The number of imidazole rings is 1. The molecule has 4 aromatic rings. The van der Waals surface area contributed by atoms with E-state index in [-0.39, 0.29) is 5.82 Å². The summed E-state index contributed by atoms with van der Waals surface area (Å²) in [6, 6.07) is 8.23. The van der Waals surface area contributed by atoms with Crippen molar-refractivity contribution in [2.24, 2.45) is 0 Å². The van der Waals surface area contributed by atoms with Crippen LogP contribution in [0.1, 0.15) is 11.8 Å². The molecule has 0 spiro atoms. The zero-order valence-electron chi connectivity index (χ0n) is 16.0. The van der Waals surface area contributed by atoms with Gasteiger partial charge in [0.2, 0.25) is 0 Å². The monoisotopic (exact) mass is 426 g/mol. The Labute approximate surface area is 176 Å². The fraction of sp³-hybridized carbons (Fsp3) is 0.350. The Bertz CT molecular complexity index is 1180. The number of aliphatic hydroxyl groups is 2. The van der Waals surface area contributed by atoms with E-state index in [0.717, 1.165) is 17.7 Å². The molecule has 5 N–H and O–H groups in total. The minimum Gasteiger partial charge on any atom is -0.387 e. The van der Waals surface area contributed by atoms with Crippen molar-refractivity contribution >= 4 is 39.6 Å². The van der Waals surface area contributed by atoms with Gasteiger partial charge in [-0.1, -0.05) is 18.2 Å². The van der Waals surface area contributed by atoms with Gasteiger partial charge in [-0.2, -0.15) is 11.8 Å². The fourth-order valence-corrected chi connectivity index (χ4v) is 4.91. The number of benzene rings is 1. The summed E-state index contributed by atoms with van der Waals surface area (Å²) in [6.07, 6.45) is 2.45. The SMILES string of the molecule is Nc1ncnc2c1ncn2[C@@H]1O[C@H](CSCCc2c[nH]c3ccccc23)[C@@H](O)[C@H]1O. The number of aromatic nitrogens is 5.